The first-order chi connectivity index (χ1) is 6.66. The molecule has 1 aliphatic heterocycles. The number of aliphatic carboxylic acids is 1. The first kappa shape index (κ1) is 9.27. The van der Waals surface area contributed by atoms with E-state index in [2.05, 4.69) is 0 Å². The Kier molecular flexibility index (Phi) is 2.29. The zero-order chi connectivity index (χ0) is 10.1. The maximum atomic E-state index is 10.6. The molecule has 1 N–H and O–H groups in total. The van der Waals surface area contributed by atoms with Gasteiger partial charge >= 0.3 is 5.97 Å². The summed E-state index contributed by atoms with van der Waals surface area (Å²) in [4.78, 5) is 10.6. The highest BCUT2D eigenvalue weighted by Gasteiger charge is 2.32. The van der Waals surface area contributed by atoms with Crippen LogP contribution in [0.15, 0.2) is 16.5 Å². The Bertz CT molecular complexity index is 342. The van der Waals surface area contributed by atoms with Crippen molar-refractivity contribution in [1.29, 1.82) is 0 Å². The predicted molar refractivity (Wildman–Crippen MR) is 47.9 cm³/mol. The first-order valence-corrected chi connectivity index (χ1v) is 4.61. The summed E-state index contributed by atoms with van der Waals surface area (Å²) < 4.78 is 10.7. The van der Waals surface area contributed by atoms with Gasteiger partial charge in [0.25, 0.3) is 0 Å². The van der Waals surface area contributed by atoms with E-state index < -0.39 is 12.1 Å². The van der Waals surface area contributed by atoms with Crippen LogP contribution in [0, 0.1) is 6.92 Å². The quantitative estimate of drug-likeness (QED) is 0.784. The highest BCUT2D eigenvalue weighted by molar-refractivity contribution is 5.72. The normalized spacial score (nSPS) is 26.6. The minimum atomic E-state index is -0.893. The molecule has 2 heterocycles. The molecule has 0 saturated carbocycles. The molecule has 0 aromatic carbocycles. The minimum absolute atomic E-state index is 0.190. The zero-order valence-electron chi connectivity index (χ0n) is 7.90. The number of rotatable bonds is 2. The van der Waals surface area contributed by atoms with E-state index in [1.54, 1.807) is 0 Å². The van der Waals surface area contributed by atoms with Gasteiger partial charge in [0.15, 0.2) is 6.10 Å². The molecule has 4 nitrogen and oxygen atoms in total. The van der Waals surface area contributed by atoms with Crippen molar-refractivity contribution in [3.63, 3.8) is 0 Å². The number of carboxylic acid groups (broad SMARTS) is 1. The van der Waals surface area contributed by atoms with Gasteiger partial charge in [-0.05, 0) is 31.9 Å². The fourth-order valence-electron chi connectivity index (χ4n) is 1.65. The van der Waals surface area contributed by atoms with Crippen LogP contribution in [0.2, 0.25) is 0 Å². The fourth-order valence-corrected chi connectivity index (χ4v) is 1.65. The van der Waals surface area contributed by atoms with E-state index in [4.69, 9.17) is 14.3 Å². The lowest BCUT2D eigenvalue weighted by Crippen LogP contribution is -2.18. The lowest BCUT2D eigenvalue weighted by molar-refractivity contribution is -0.149. The molecule has 14 heavy (non-hydrogen) atoms. The minimum Gasteiger partial charge on any atom is -0.479 e. The molecule has 0 amide bonds. The van der Waals surface area contributed by atoms with Gasteiger partial charge in [0.2, 0.25) is 0 Å². The van der Waals surface area contributed by atoms with E-state index >= 15 is 0 Å². The summed E-state index contributed by atoms with van der Waals surface area (Å²) in [5, 5.41) is 8.73. The second-order valence-corrected chi connectivity index (χ2v) is 3.48. The summed E-state index contributed by atoms with van der Waals surface area (Å²) in [6.45, 7) is 1.85. The number of aryl methyl sites for hydroxylation is 1. The highest BCUT2D eigenvalue weighted by atomic mass is 16.5. The van der Waals surface area contributed by atoms with Gasteiger partial charge in [-0.2, -0.15) is 0 Å². The van der Waals surface area contributed by atoms with Crippen LogP contribution in [-0.2, 0) is 9.53 Å². The van der Waals surface area contributed by atoms with Gasteiger partial charge in [0.05, 0.1) is 0 Å². The lowest BCUT2D eigenvalue weighted by Gasteiger charge is -2.07. The average Bonchev–Trinajstić information content (AvgIpc) is 2.70. The summed E-state index contributed by atoms with van der Waals surface area (Å²) in [7, 11) is 0. The van der Waals surface area contributed by atoms with E-state index in [-0.39, 0.29) is 6.10 Å². The third-order valence-corrected chi connectivity index (χ3v) is 2.37. The van der Waals surface area contributed by atoms with Gasteiger partial charge in [0.1, 0.15) is 17.6 Å². The molecule has 1 aromatic heterocycles. The number of hydrogen-bond donors (Lipinski definition) is 1. The highest BCUT2D eigenvalue weighted by Crippen LogP contribution is 2.33. The monoisotopic (exact) mass is 196 g/mol. The second kappa shape index (κ2) is 3.46. The van der Waals surface area contributed by atoms with Crippen LogP contribution in [0.4, 0.5) is 0 Å². The van der Waals surface area contributed by atoms with E-state index in [0.29, 0.717) is 12.8 Å². The van der Waals surface area contributed by atoms with E-state index in [9.17, 15) is 4.79 Å². The molecular weight excluding hydrogens is 184 g/mol. The van der Waals surface area contributed by atoms with Crippen molar-refractivity contribution < 1.29 is 19.1 Å². The van der Waals surface area contributed by atoms with Crippen molar-refractivity contribution in [1.82, 2.24) is 0 Å². The standard InChI is InChI=1S/C10H12O4/c1-6-2-3-7(13-6)8-4-5-9(14-8)10(11)12/h2-3,8-9H,4-5H2,1H3,(H,11,12). The average molecular weight is 196 g/mol. The molecule has 2 atom stereocenters. The fraction of sp³-hybridized carbons (Fsp3) is 0.500. The van der Waals surface area contributed by atoms with Crippen molar-refractivity contribution in [2.24, 2.45) is 0 Å². The maximum Gasteiger partial charge on any atom is 0.332 e. The molecule has 1 aromatic rings. The third-order valence-electron chi connectivity index (χ3n) is 2.37. The van der Waals surface area contributed by atoms with Crippen molar-refractivity contribution in [2.45, 2.75) is 32.0 Å². The summed E-state index contributed by atoms with van der Waals surface area (Å²) in [5.41, 5.74) is 0. The smallest absolute Gasteiger partial charge is 0.332 e. The molecule has 2 unspecified atom stereocenters. The Hall–Kier alpha value is -1.29. The van der Waals surface area contributed by atoms with Crippen molar-refractivity contribution in [2.75, 3.05) is 0 Å². The summed E-state index contributed by atoms with van der Waals surface area (Å²) >= 11 is 0. The summed E-state index contributed by atoms with van der Waals surface area (Å²) in [6, 6.07) is 3.69. The number of hydrogen-bond acceptors (Lipinski definition) is 3. The first-order valence-electron chi connectivity index (χ1n) is 4.61. The molecule has 0 bridgehead atoms. The third kappa shape index (κ3) is 1.65. The van der Waals surface area contributed by atoms with Gasteiger partial charge in [0, 0.05) is 0 Å². The molecule has 76 valence electrons. The van der Waals surface area contributed by atoms with Crippen LogP contribution >= 0.6 is 0 Å². The van der Waals surface area contributed by atoms with Crippen LogP contribution in [0.25, 0.3) is 0 Å². The number of carboxylic acids is 1. The van der Waals surface area contributed by atoms with E-state index in [0.717, 1.165) is 11.5 Å². The van der Waals surface area contributed by atoms with Crippen LogP contribution < -0.4 is 0 Å². The summed E-state index contributed by atoms with van der Waals surface area (Å²) in [6.07, 6.45) is 0.402. The topological polar surface area (TPSA) is 59.7 Å². The Balaban J connectivity index is 2.05. The predicted octanol–water partition coefficient (Wildman–Crippen LogP) is 1.89. The van der Waals surface area contributed by atoms with Crippen LogP contribution in [0.5, 0.6) is 0 Å². The number of furan rings is 1. The van der Waals surface area contributed by atoms with Crippen LogP contribution in [-0.4, -0.2) is 17.2 Å². The molecule has 4 heteroatoms. The molecule has 0 spiro atoms. The van der Waals surface area contributed by atoms with Crippen LogP contribution in [0.3, 0.4) is 0 Å². The molecule has 1 fully saturated rings. The Morgan fingerprint density at radius 3 is 2.79 bits per heavy atom. The molecule has 1 aliphatic rings. The van der Waals surface area contributed by atoms with Crippen molar-refractivity contribution >= 4 is 5.97 Å². The van der Waals surface area contributed by atoms with Crippen molar-refractivity contribution in [3.8, 4) is 0 Å². The molecule has 1 saturated heterocycles. The zero-order valence-corrected chi connectivity index (χ0v) is 7.90. The molecule has 0 radical (unpaired) electrons. The van der Waals surface area contributed by atoms with Gasteiger partial charge in [-0.15, -0.1) is 0 Å². The van der Waals surface area contributed by atoms with Gasteiger partial charge in [-0.25, -0.2) is 4.79 Å². The maximum absolute atomic E-state index is 10.6. The molecule has 2 rings (SSSR count). The Morgan fingerprint density at radius 2 is 2.29 bits per heavy atom. The van der Waals surface area contributed by atoms with E-state index in [1.165, 1.54) is 0 Å². The Morgan fingerprint density at radius 1 is 1.50 bits per heavy atom. The largest absolute Gasteiger partial charge is 0.479 e. The van der Waals surface area contributed by atoms with Gasteiger partial charge in [-0.1, -0.05) is 0 Å². The van der Waals surface area contributed by atoms with Crippen LogP contribution in [0.1, 0.15) is 30.5 Å². The number of ether oxygens (including phenoxy) is 1. The number of carbonyl (C=O) groups is 1. The molecule has 0 aliphatic carbocycles. The van der Waals surface area contributed by atoms with E-state index in [1.807, 2.05) is 19.1 Å². The lowest BCUT2D eigenvalue weighted by atomic mass is 10.1. The molecular formula is C10H12O4. The van der Waals surface area contributed by atoms with Gasteiger partial charge in [-0.3, -0.25) is 0 Å². The van der Waals surface area contributed by atoms with Crippen molar-refractivity contribution in [3.05, 3.63) is 23.7 Å². The summed E-state index contributed by atoms with van der Waals surface area (Å²) in [5.74, 6) is 0.657. The Labute approximate surface area is 81.5 Å². The van der Waals surface area contributed by atoms with Gasteiger partial charge < -0.3 is 14.3 Å². The SMILES string of the molecule is Cc1ccc(C2CCC(C(=O)O)O2)o1. The second-order valence-electron chi connectivity index (χ2n) is 3.48.